The number of carbonyl (C=O) groups excluding carboxylic acids is 1. The number of ether oxygens (including phenoxy) is 1. The molecule has 6 heteroatoms. The Kier molecular flexibility index (Phi) is 3.80. The second kappa shape index (κ2) is 5.94. The Labute approximate surface area is 156 Å². The van der Waals surface area contributed by atoms with Crippen molar-refractivity contribution in [3.63, 3.8) is 0 Å². The van der Waals surface area contributed by atoms with Crippen molar-refractivity contribution in [1.29, 1.82) is 0 Å². The average molecular weight is 364 g/mol. The number of fused-ring (bicyclic) bond motifs is 3. The summed E-state index contributed by atoms with van der Waals surface area (Å²) in [6, 6.07) is 12.2. The molecule has 1 aromatic heterocycles. The zero-order valence-electron chi connectivity index (χ0n) is 15.5. The van der Waals surface area contributed by atoms with E-state index in [4.69, 9.17) is 4.74 Å². The first-order chi connectivity index (χ1) is 12.8. The minimum Gasteiger partial charge on any atom is -0.497 e. The van der Waals surface area contributed by atoms with E-state index in [1.54, 1.807) is 19.2 Å². The number of hydrogen-bond donors (Lipinski definition) is 0. The van der Waals surface area contributed by atoms with Crippen molar-refractivity contribution >= 4 is 22.4 Å². The van der Waals surface area contributed by atoms with Gasteiger partial charge in [0, 0.05) is 40.9 Å². The van der Waals surface area contributed by atoms with Crippen molar-refractivity contribution in [3.05, 3.63) is 63.8 Å². The average Bonchev–Trinajstić information content (AvgIpc) is 2.93. The quantitative estimate of drug-likeness (QED) is 0.499. The molecular formula is C21H20N2O4. The number of nitro groups is 1. The predicted molar refractivity (Wildman–Crippen MR) is 103 cm³/mol. The van der Waals surface area contributed by atoms with E-state index in [0.29, 0.717) is 17.5 Å². The molecule has 0 radical (unpaired) electrons. The molecule has 0 amide bonds. The number of hydrogen-bond acceptors (Lipinski definition) is 4. The number of Topliss-reactive ketones (excluding diaryl/α,β-unsaturated/α-hetero) is 1. The number of rotatable bonds is 3. The van der Waals surface area contributed by atoms with Gasteiger partial charge >= 0.3 is 0 Å². The van der Waals surface area contributed by atoms with Crippen molar-refractivity contribution in [2.24, 2.45) is 5.41 Å². The first-order valence-corrected chi connectivity index (χ1v) is 8.80. The summed E-state index contributed by atoms with van der Waals surface area (Å²) in [7, 11) is 1.60. The summed E-state index contributed by atoms with van der Waals surface area (Å²) in [4.78, 5) is 23.8. The van der Waals surface area contributed by atoms with Gasteiger partial charge in [0.2, 0.25) is 0 Å². The lowest BCUT2D eigenvalue weighted by Crippen LogP contribution is -2.27. The van der Waals surface area contributed by atoms with Crippen molar-refractivity contribution in [2.75, 3.05) is 7.11 Å². The third kappa shape index (κ3) is 2.77. The second-order valence-electron chi connectivity index (χ2n) is 7.75. The fraction of sp³-hybridized carbons (Fsp3) is 0.286. The maximum absolute atomic E-state index is 12.9. The molecular weight excluding hydrogens is 344 g/mol. The molecule has 0 N–H and O–H groups in total. The largest absolute Gasteiger partial charge is 0.497 e. The highest BCUT2D eigenvalue weighted by atomic mass is 16.6. The van der Waals surface area contributed by atoms with Crippen LogP contribution in [0.5, 0.6) is 5.75 Å². The maximum atomic E-state index is 12.9. The van der Waals surface area contributed by atoms with E-state index in [0.717, 1.165) is 28.9 Å². The van der Waals surface area contributed by atoms with Gasteiger partial charge in [-0.3, -0.25) is 14.9 Å². The Hall–Kier alpha value is -3.15. The van der Waals surface area contributed by atoms with Gasteiger partial charge in [0.1, 0.15) is 5.75 Å². The van der Waals surface area contributed by atoms with Crippen LogP contribution >= 0.6 is 0 Å². The molecule has 138 valence electrons. The zero-order chi connectivity index (χ0) is 19.3. The molecule has 1 aliphatic carbocycles. The van der Waals surface area contributed by atoms with Crippen molar-refractivity contribution < 1.29 is 14.5 Å². The molecule has 4 rings (SSSR count). The summed E-state index contributed by atoms with van der Waals surface area (Å²) < 4.78 is 7.22. The molecule has 0 spiro atoms. The highest BCUT2D eigenvalue weighted by Gasteiger charge is 2.36. The highest BCUT2D eigenvalue weighted by Crippen LogP contribution is 2.42. The number of ketones is 1. The Morgan fingerprint density at radius 2 is 1.81 bits per heavy atom. The fourth-order valence-electron chi connectivity index (χ4n) is 3.99. The Morgan fingerprint density at radius 1 is 1.11 bits per heavy atom. The topological polar surface area (TPSA) is 74.4 Å². The van der Waals surface area contributed by atoms with Gasteiger partial charge in [-0.25, -0.2) is 0 Å². The van der Waals surface area contributed by atoms with Gasteiger partial charge in [-0.1, -0.05) is 13.8 Å². The molecule has 2 aromatic carbocycles. The lowest BCUT2D eigenvalue weighted by Gasteiger charge is -2.29. The SMILES string of the molecule is COc1ccc(-n2c3c(c4ccc([N+](=O)[O-])cc42)C(=O)CC(C)(C)C3)cc1. The minimum absolute atomic E-state index is 0.0128. The number of nitro benzene ring substituents is 1. The van der Waals surface area contributed by atoms with Gasteiger partial charge in [0.15, 0.2) is 5.78 Å². The smallest absolute Gasteiger partial charge is 0.271 e. The predicted octanol–water partition coefficient (Wildman–Crippen LogP) is 4.70. The summed E-state index contributed by atoms with van der Waals surface area (Å²) in [5.41, 5.74) is 3.00. The van der Waals surface area contributed by atoms with Gasteiger partial charge in [0.05, 0.1) is 17.5 Å². The molecule has 0 saturated heterocycles. The van der Waals surface area contributed by atoms with Crippen LogP contribution in [0.15, 0.2) is 42.5 Å². The van der Waals surface area contributed by atoms with Gasteiger partial charge in [-0.2, -0.15) is 0 Å². The molecule has 27 heavy (non-hydrogen) atoms. The summed E-state index contributed by atoms with van der Waals surface area (Å²) in [5.74, 6) is 0.818. The highest BCUT2D eigenvalue weighted by molar-refractivity contribution is 6.11. The number of methoxy groups -OCH3 is 1. The van der Waals surface area contributed by atoms with E-state index >= 15 is 0 Å². The van der Waals surface area contributed by atoms with E-state index in [-0.39, 0.29) is 16.9 Å². The third-order valence-electron chi connectivity index (χ3n) is 5.16. The van der Waals surface area contributed by atoms with E-state index in [1.807, 2.05) is 28.8 Å². The summed E-state index contributed by atoms with van der Waals surface area (Å²) >= 11 is 0. The molecule has 0 aliphatic heterocycles. The molecule has 0 fully saturated rings. The van der Waals surface area contributed by atoms with Gasteiger partial charge < -0.3 is 9.30 Å². The summed E-state index contributed by atoms with van der Waals surface area (Å²) in [5, 5.41) is 12.1. The third-order valence-corrected chi connectivity index (χ3v) is 5.16. The van der Waals surface area contributed by atoms with Crippen LogP contribution in [-0.2, 0) is 6.42 Å². The van der Waals surface area contributed by atoms with Crippen LogP contribution in [0.25, 0.3) is 16.6 Å². The first-order valence-electron chi connectivity index (χ1n) is 8.80. The first kappa shape index (κ1) is 17.3. The van der Waals surface area contributed by atoms with Crippen molar-refractivity contribution in [2.45, 2.75) is 26.7 Å². The molecule has 0 unspecified atom stereocenters. The molecule has 1 heterocycles. The lowest BCUT2D eigenvalue weighted by atomic mass is 9.75. The van der Waals surface area contributed by atoms with Crippen LogP contribution in [0, 0.1) is 15.5 Å². The van der Waals surface area contributed by atoms with Gasteiger partial charge in [0.25, 0.3) is 5.69 Å². The summed E-state index contributed by atoms with van der Waals surface area (Å²) in [6.07, 6.45) is 1.20. The minimum atomic E-state index is -0.407. The maximum Gasteiger partial charge on any atom is 0.271 e. The van der Waals surface area contributed by atoms with E-state index < -0.39 is 4.92 Å². The zero-order valence-corrected chi connectivity index (χ0v) is 15.5. The van der Waals surface area contributed by atoms with Crippen LogP contribution in [0.1, 0.15) is 36.3 Å². The number of carbonyl (C=O) groups is 1. The standard InChI is InChI=1S/C21H20N2O4/c1-21(2)11-18-20(19(24)12-21)16-9-6-14(23(25)26)10-17(16)22(18)13-4-7-15(27-3)8-5-13/h4-10H,11-12H2,1-3H3. The number of aromatic nitrogens is 1. The van der Waals surface area contributed by atoms with E-state index in [9.17, 15) is 14.9 Å². The van der Waals surface area contributed by atoms with Crippen LogP contribution in [0.4, 0.5) is 5.69 Å². The lowest BCUT2D eigenvalue weighted by molar-refractivity contribution is -0.384. The Bertz CT molecular complexity index is 1080. The molecule has 6 nitrogen and oxygen atoms in total. The number of non-ortho nitro benzene ring substituents is 1. The van der Waals surface area contributed by atoms with Gasteiger partial charge in [-0.15, -0.1) is 0 Å². The second-order valence-corrected chi connectivity index (χ2v) is 7.75. The molecule has 3 aromatic rings. The van der Waals surface area contributed by atoms with Crippen molar-refractivity contribution in [3.8, 4) is 11.4 Å². The molecule has 0 bridgehead atoms. The summed E-state index contributed by atoms with van der Waals surface area (Å²) in [6.45, 7) is 4.15. The fourth-order valence-corrected chi connectivity index (χ4v) is 3.99. The van der Waals surface area contributed by atoms with E-state index in [1.165, 1.54) is 6.07 Å². The number of nitrogens with zero attached hydrogens (tertiary/aromatic N) is 2. The molecule has 0 atom stereocenters. The Morgan fingerprint density at radius 3 is 2.44 bits per heavy atom. The monoisotopic (exact) mass is 364 g/mol. The van der Waals surface area contributed by atoms with Crippen LogP contribution < -0.4 is 4.74 Å². The normalized spacial score (nSPS) is 15.6. The van der Waals surface area contributed by atoms with Crippen LogP contribution in [0.2, 0.25) is 0 Å². The number of benzene rings is 2. The van der Waals surface area contributed by atoms with Crippen LogP contribution in [-0.4, -0.2) is 22.4 Å². The Balaban J connectivity index is 2.06. The van der Waals surface area contributed by atoms with Crippen LogP contribution in [0.3, 0.4) is 0 Å². The van der Waals surface area contributed by atoms with Crippen molar-refractivity contribution in [1.82, 2.24) is 4.57 Å². The molecule has 0 saturated carbocycles. The van der Waals surface area contributed by atoms with Gasteiger partial charge in [-0.05, 0) is 42.2 Å². The van der Waals surface area contributed by atoms with E-state index in [2.05, 4.69) is 13.8 Å². The molecule has 1 aliphatic rings.